The van der Waals surface area contributed by atoms with Crippen LogP contribution in [0.5, 0.6) is 0 Å². The SMILES string of the molecule is C[C@@H](CCCc1cccc2ccccc12)[C@H](O)C=C[C@H]1CC(F)(F)C(=O)N1CCCCCCC(=O)O. The second kappa shape index (κ2) is 12.9. The summed E-state index contributed by atoms with van der Waals surface area (Å²) >= 11 is 0. The van der Waals surface area contributed by atoms with Crippen molar-refractivity contribution in [2.45, 2.75) is 82.8 Å². The van der Waals surface area contributed by atoms with Crippen molar-refractivity contribution in [3.63, 3.8) is 0 Å². The van der Waals surface area contributed by atoms with Crippen molar-refractivity contribution in [3.8, 4) is 0 Å². The Bertz CT molecular complexity index is 1050. The third-order valence-electron chi connectivity index (χ3n) is 7.08. The molecule has 0 aliphatic carbocycles. The predicted octanol–water partition coefficient (Wildman–Crippen LogP) is 5.99. The second-order valence-electron chi connectivity index (χ2n) is 9.92. The van der Waals surface area contributed by atoms with Crippen LogP contribution in [0.15, 0.2) is 54.6 Å². The van der Waals surface area contributed by atoms with Crippen molar-refractivity contribution >= 4 is 22.6 Å². The first-order valence-electron chi connectivity index (χ1n) is 12.9. The van der Waals surface area contributed by atoms with Gasteiger partial charge in [-0.3, -0.25) is 9.59 Å². The molecule has 1 heterocycles. The van der Waals surface area contributed by atoms with Gasteiger partial charge in [-0.05, 0) is 54.4 Å². The van der Waals surface area contributed by atoms with Gasteiger partial charge in [-0.25, -0.2) is 0 Å². The number of unbranched alkanes of at least 4 members (excludes halogenated alkanes) is 3. The number of aryl methyl sites for hydroxylation is 1. The molecule has 0 radical (unpaired) electrons. The highest BCUT2D eigenvalue weighted by Gasteiger charge is 2.52. The molecule has 1 amide bonds. The average Bonchev–Trinajstić information content (AvgIpc) is 3.07. The molecule has 2 N–H and O–H groups in total. The normalized spacial score (nSPS) is 19.3. The molecule has 0 saturated carbocycles. The lowest BCUT2D eigenvalue weighted by Gasteiger charge is -2.22. The molecule has 3 rings (SSSR count). The number of halogens is 2. The summed E-state index contributed by atoms with van der Waals surface area (Å²) in [4.78, 5) is 24.0. The Hall–Kier alpha value is -2.80. The summed E-state index contributed by atoms with van der Waals surface area (Å²) in [6, 6.07) is 13.8. The molecule has 5 nitrogen and oxygen atoms in total. The number of hydrogen-bond donors (Lipinski definition) is 2. The quantitative estimate of drug-likeness (QED) is 0.246. The van der Waals surface area contributed by atoms with Gasteiger partial charge in [-0.2, -0.15) is 8.78 Å². The maximum Gasteiger partial charge on any atom is 0.327 e. The molecular weight excluding hydrogens is 464 g/mol. The highest BCUT2D eigenvalue weighted by Crippen LogP contribution is 2.34. The van der Waals surface area contributed by atoms with Gasteiger partial charge in [0.1, 0.15) is 0 Å². The number of aliphatic hydroxyl groups excluding tert-OH is 1. The molecule has 1 fully saturated rings. The molecule has 0 aromatic heterocycles. The van der Waals surface area contributed by atoms with E-state index < -0.39 is 36.4 Å². The Morgan fingerprint density at radius 3 is 2.61 bits per heavy atom. The van der Waals surface area contributed by atoms with Gasteiger partial charge < -0.3 is 15.1 Å². The number of hydrogen-bond acceptors (Lipinski definition) is 3. The van der Waals surface area contributed by atoms with Gasteiger partial charge in [0.25, 0.3) is 5.91 Å². The van der Waals surface area contributed by atoms with Gasteiger partial charge in [0.05, 0.1) is 12.1 Å². The molecule has 0 spiro atoms. The molecule has 2 aromatic carbocycles. The van der Waals surface area contributed by atoms with Crippen LogP contribution in [0.25, 0.3) is 10.8 Å². The lowest BCUT2D eigenvalue weighted by atomic mass is 9.94. The van der Waals surface area contributed by atoms with Gasteiger partial charge in [-0.15, -0.1) is 0 Å². The molecule has 196 valence electrons. The maximum atomic E-state index is 14.1. The van der Waals surface area contributed by atoms with Gasteiger partial charge in [0.15, 0.2) is 0 Å². The molecule has 3 atom stereocenters. The van der Waals surface area contributed by atoms with Crippen molar-refractivity contribution in [1.29, 1.82) is 0 Å². The zero-order chi connectivity index (χ0) is 26.1. The largest absolute Gasteiger partial charge is 0.481 e. The Labute approximate surface area is 211 Å². The summed E-state index contributed by atoms with van der Waals surface area (Å²) in [5, 5.41) is 21.8. The first-order valence-corrected chi connectivity index (χ1v) is 12.9. The molecule has 1 saturated heterocycles. The number of carbonyl (C=O) groups is 2. The van der Waals surface area contributed by atoms with Crippen molar-refractivity contribution < 1.29 is 28.6 Å². The number of carbonyl (C=O) groups excluding carboxylic acids is 1. The van der Waals surface area contributed by atoms with E-state index in [1.165, 1.54) is 21.2 Å². The van der Waals surface area contributed by atoms with E-state index in [2.05, 4.69) is 30.3 Å². The van der Waals surface area contributed by atoms with E-state index >= 15 is 0 Å². The Morgan fingerprint density at radius 1 is 1.11 bits per heavy atom. The number of carboxylic acid groups (broad SMARTS) is 1. The van der Waals surface area contributed by atoms with E-state index in [0.717, 1.165) is 19.3 Å². The van der Waals surface area contributed by atoms with Crippen LogP contribution in [0.1, 0.15) is 63.9 Å². The Kier molecular flexibility index (Phi) is 9.99. The summed E-state index contributed by atoms with van der Waals surface area (Å²) in [7, 11) is 0. The number of aliphatic hydroxyl groups is 1. The van der Waals surface area contributed by atoms with Gasteiger partial charge in [-0.1, -0.05) is 74.4 Å². The Morgan fingerprint density at radius 2 is 1.83 bits per heavy atom. The number of likely N-dealkylation sites (tertiary alicyclic amines) is 1. The Balaban J connectivity index is 1.48. The summed E-state index contributed by atoms with van der Waals surface area (Å²) in [5.41, 5.74) is 1.27. The summed E-state index contributed by atoms with van der Waals surface area (Å²) in [6.45, 7) is 2.15. The minimum Gasteiger partial charge on any atom is -0.481 e. The van der Waals surface area contributed by atoms with Gasteiger partial charge >= 0.3 is 11.9 Å². The molecule has 36 heavy (non-hydrogen) atoms. The van der Waals surface area contributed by atoms with E-state index in [-0.39, 0.29) is 18.9 Å². The van der Waals surface area contributed by atoms with Crippen LogP contribution in [-0.2, 0) is 16.0 Å². The summed E-state index contributed by atoms with van der Waals surface area (Å²) in [6.07, 6.45) is 6.85. The number of alkyl halides is 2. The second-order valence-corrected chi connectivity index (χ2v) is 9.92. The topological polar surface area (TPSA) is 77.8 Å². The number of carboxylic acids is 1. The van der Waals surface area contributed by atoms with Gasteiger partial charge in [0.2, 0.25) is 0 Å². The highest BCUT2D eigenvalue weighted by atomic mass is 19.3. The van der Waals surface area contributed by atoms with Crippen LogP contribution >= 0.6 is 0 Å². The van der Waals surface area contributed by atoms with Crippen LogP contribution < -0.4 is 0 Å². The van der Waals surface area contributed by atoms with Crippen molar-refractivity contribution in [2.75, 3.05) is 6.54 Å². The van der Waals surface area contributed by atoms with Crippen LogP contribution in [0, 0.1) is 5.92 Å². The monoisotopic (exact) mass is 501 g/mol. The first kappa shape index (κ1) is 27.8. The van der Waals surface area contributed by atoms with Crippen LogP contribution in [-0.4, -0.2) is 51.6 Å². The molecular formula is C29H37F2NO4. The lowest BCUT2D eigenvalue weighted by Crippen LogP contribution is -2.36. The fourth-order valence-corrected chi connectivity index (χ4v) is 4.90. The van der Waals surface area contributed by atoms with E-state index in [1.54, 1.807) is 12.2 Å². The van der Waals surface area contributed by atoms with Crippen molar-refractivity contribution in [2.24, 2.45) is 5.92 Å². The zero-order valence-electron chi connectivity index (χ0n) is 20.9. The molecule has 2 aromatic rings. The molecule has 1 aliphatic heterocycles. The molecule has 0 unspecified atom stereocenters. The first-order chi connectivity index (χ1) is 17.2. The van der Waals surface area contributed by atoms with E-state index in [4.69, 9.17) is 5.11 Å². The fraction of sp³-hybridized carbons (Fsp3) is 0.517. The fourth-order valence-electron chi connectivity index (χ4n) is 4.90. The number of aliphatic carboxylic acids is 1. The van der Waals surface area contributed by atoms with E-state index in [0.29, 0.717) is 25.7 Å². The van der Waals surface area contributed by atoms with Crippen molar-refractivity contribution in [1.82, 2.24) is 4.90 Å². The van der Waals surface area contributed by atoms with E-state index in [9.17, 15) is 23.5 Å². The highest BCUT2D eigenvalue weighted by molar-refractivity contribution is 5.86. The number of fused-ring (bicyclic) bond motifs is 1. The van der Waals surface area contributed by atoms with Crippen LogP contribution in [0.3, 0.4) is 0 Å². The lowest BCUT2D eigenvalue weighted by molar-refractivity contribution is -0.148. The zero-order valence-corrected chi connectivity index (χ0v) is 20.9. The number of benzene rings is 2. The smallest absolute Gasteiger partial charge is 0.327 e. The van der Waals surface area contributed by atoms with Crippen LogP contribution in [0.2, 0.25) is 0 Å². The third-order valence-corrected chi connectivity index (χ3v) is 7.08. The number of rotatable bonds is 14. The minimum atomic E-state index is -3.40. The standard InChI is InChI=1S/C29H37F2NO4/c1-21(10-8-12-23-14-9-13-22-11-5-6-15-25(22)23)26(33)18-17-24-20-29(30,31)28(36)32(24)19-7-3-2-4-16-27(34)35/h5-6,9,11,13-15,17-18,21,24,26,33H,2-4,7-8,10,12,16,19-20H2,1H3,(H,34,35)/t21-,24-,26+/m0/s1. The third kappa shape index (κ3) is 7.60. The minimum absolute atomic E-state index is 0.0449. The van der Waals surface area contributed by atoms with Crippen molar-refractivity contribution in [3.05, 3.63) is 60.2 Å². The van der Waals surface area contributed by atoms with E-state index in [1.807, 2.05) is 19.1 Å². The van der Waals surface area contributed by atoms with Gasteiger partial charge in [0, 0.05) is 19.4 Å². The van der Waals surface area contributed by atoms with Crippen LogP contribution in [0.4, 0.5) is 8.78 Å². The number of amides is 1. The summed E-state index contributed by atoms with van der Waals surface area (Å²) in [5.74, 6) is -5.46. The number of nitrogens with zero attached hydrogens (tertiary/aromatic N) is 1. The maximum absolute atomic E-state index is 14.1. The average molecular weight is 502 g/mol. The molecule has 0 bridgehead atoms. The molecule has 7 heteroatoms. The molecule has 1 aliphatic rings. The predicted molar refractivity (Wildman–Crippen MR) is 137 cm³/mol. The summed E-state index contributed by atoms with van der Waals surface area (Å²) < 4.78 is 28.3.